The van der Waals surface area contributed by atoms with E-state index in [1.54, 1.807) is 13.1 Å². The van der Waals surface area contributed by atoms with Crippen LogP contribution in [0.25, 0.3) is 0 Å². The largest absolute Gasteiger partial charge is 0.464 e. The maximum atomic E-state index is 12.1. The average molecular weight is 344 g/mol. The molecule has 0 N–H and O–H groups in total. The molecule has 0 saturated heterocycles. The first kappa shape index (κ1) is 17.0. The van der Waals surface area contributed by atoms with Gasteiger partial charge in [-0.15, -0.1) is 0 Å². The molecule has 0 bridgehead atoms. The highest BCUT2D eigenvalue weighted by atomic mass is 79.9. The summed E-state index contributed by atoms with van der Waals surface area (Å²) in [6.45, 7) is 8.12. The van der Waals surface area contributed by atoms with Crippen LogP contribution in [0.1, 0.15) is 45.2 Å². The van der Waals surface area contributed by atoms with E-state index in [9.17, 15) is 9.59 Å². The molecule has 5 heteroatoms. The van der Waals surface area contributed by atoms with Crippen LogP contribution in [0.3, 0.4) is 0 Å². The quantitative estimate of drug-likeness (QED) is 0.743. The lowest BCUT2D eigenvalue weighted by atomic mass is 10.0. The second-order valence-corrected chi connectivity index (χ2v) is 6.14. The zero-order chi connectivity index (χ0) is 15.3. The molecule has 0 radical (unpaired) electrons. The minimum absolute atomic E-state index is 0.174. The van der Waals surface area contributed by atoms with E-state index in [0.717, 1.165) is 16.5 Å². The molecule has 1 heterocycles. The number of rotatable bonds is 6. The number of halogens is 1. The number of aryl methyl sites for hydroxylation is 1. The van der Waals surface area contributed by atoms with Gasteiger partial charge in [0.15, 0.2) is 0 Å². The van der Waals surface area contributed by atoms with E-state index in [-0.39, 0.29) is 11.5 Å². The summed E-state index contributed by atoms with van der Waals surface area (Å²) in [5, 5.41) is 0. The van der Waals surface area contributed by atoms with Gasteiger partial charge in [0, 0.05) is 16.7 Å². The molecule has 1 rings (SSSR count). The minimum atomic E-state index is -0.554. The summed E-state index contributed by atoms with van der Waals surface area (Å²) in [6, 6.07) is 0.979. The Labute approximate surface area is 128 Å². The van der Waals surface area contributed by atoms with E-state index in [1.807, 2.05) is 6.92 Å². The molecule has 4 nitrogen and oxygen atoms in total. The third kappa shape index (κ3) is 4.47. The van der Waals surface area contributed by atoms with Crippen molar-refractivity contribution in [2.45, 2.75) is 46.6 Å². The standard InChI is InChI=1S/C15H22BrNO3/c1-5-20-15(19)13(7-6-10(2)3)17-9-12(16)11(4)8-14(17)18/h8-10,13H,5-7H2,1-4H3. The van der Waals surface area contributed by atoms with Gasteiger partial charge < -0.3 is 9.30 Å². The first-order valence-electron chi connectivity index (χ1n) is 6.91. The number of carbonyl (C=O) groups is 1. The highest BCUT2D eigenvalue weighted by Gasteiger charge is 2.23. The summed E-state index contributed by atoms with van der Waals surface area (Å²) in [4.78, 5) is 24.2. The molecule has 0 aromatic carbocycles. The van der Waals surface area contributed by atoms with Crippen LogP contribution in [-0.2, 0) is 9.53 Å². The van der Waals surface area contributed by atoms with Crippen LogP contribution in [0.15, 0.2) is 21.5 Å². The predicted octanol–water partition coefficient (Wildman–Crippen LogP) is 3.46. The number of ether oxygens (including phenoxy) is 1. The van der Waals surface area contributed by atoms with E-state index < -0.39 is 6.04 Å². The summed E-state index contributed by atoms with van der Waals surface area (Å²) in [6.07, 6.45) is 3.15. The van der Waals surface area contributed by atoms with E-state index in [0.29, 0.717) is 18.9 Å². The van der Waals surface area contributed by atoms with Crippen molar-refractivity contribution in [3.63, 3.8) is 0 Å². The zero-order valence-electron chi connectivity index (χ0n) is 12.5. The van der Waals surface area contributed by atoms with Gasteiger partial charge in [0.25, 0.3) is 5.56 Å². The molecule has 0 aliphatic carbocycles. The Balaban J connectivity index is 3.12. The number of carbonyl (C=O) groups excluding carboxylic acids is 1. The summed E-state index contributed by atoms with van der Waals surface area (Å²) in [5.74, 6) is 0.127. The predicted molar refractivity (Wildman–Crippen MR) is 82.9 cm³/mol. The van der Waals surface area contributed by atoms with Gasteiger partial charge in [-0.3, -0.25) is 4.79 Å². The normalized spacial score (nSPS) is 12.5. The fraction of sp³-hybridized carbons (Fsp3) is 0.600. The first-order valence-corrected chi connectivity index (χ1v) is 7.71. The number of hydrogen-bond acceptors (Lipinski definition) is 3. The molecule has 0 aliphatic rings. The lowest BCUT2D eigenvalue weighted by Crippen LogP contribution is -2.31. The van der Waals surface area contributed by atoms with Gasteiger partial charge in [-0.05, 0) is 54.1 Å². The van der Waals surface area contributed by atoms with Crippen LogP contribution >= 0.6 is 15.9 Å². The Morgan fingerprint density at radius 2 is 2.05 bits per heavy atom. The van der Waals surface area contributed by atoms with E-state index in [2.05, 4.69) is 29.8 Å². The van der Waals surface area contributed by atoms with Crippen LogP contribution < -0.4 is 5.56 Å². The molecule has 112 valence electrons. The number of esters is 1. The second-order valence-electron chi connectivity index (χ2n) is 5.29. The Bertz CT molecular complexity index is 522. The van der Waals surface area contributed by atoms with Gasteiger partial charge >= 0.3 is 5.97 Å². The van der Waals surface area contributed by atoms with Crippen molar-refractivity contribution in [2.24, 2.45) is 5.92 Å². The molecule has 0 aliphatic heterocycles. The lowest BCUT2D eigenvalue weighted by Gasteiger charge is -2.20. The van der Waals surface area contributed by atoms with Crippen molar-refractivity contribution in [1.29, 1.82) is 0 Å². The maximum Gasteiger partial charge on any atom is 0.329 e. The number of aromatic nitrogens is 1. The Morgan fingerprint density at radius 3 is 2.60 bits per heavy atom. The van der Waals surface area contributed by atoms with Gasteiger partial charge in [0.1, 0.15) is 6.04 Å². The third-order valence-electron chi connectivity index (χ3n) is 3.14. The van der Waals surface area contributed by atoms with Gasteiger partial charge in [-0.25, -0.2) is 4.79 Å². The van der Waals surface area contributed by atoms with Crippen molar-refractivity contribution in [3.8, 4) is 0 Å². The van der Waals surface area contributed by atoms with Gasteiger partial charge in [-0.2, -0.15) is 0 Å². The maximum absolute atomic E-state index is 12.1. The first-order chi connectivity index (χ1) is 9.36. The number of pyridine rings is 1. The summed E-state index contributed by atoms with van der Waals surface area (Å²) in [5.41, 5.74) is 0.685. The van der Waals surface area contributed by atoms with Gasteiger partial charge in [0.2, 0.25) is 0 Å². The van der Waals surface area contributed by atoms with Crippen molar-refractivity contribution >= 4 is 21.9 Å². The van der Waals surface area contributed by atoms with Crippen LogP contribution in [0.2, 0.25) is 0 Å². The fourth-order valence-corrected chi connectivity index (χ4v) is 2.30. The molecule has 0 amide bonds. The van der Waals surface area contributed by atoms with E-state index in [1.165, 1.54) is 10.6 Å². The fourth-order valence-electron chi connectivity index (χ4n) is 1.96. The molecule has 0 fully saturated rings. The number of nitrogens with zero attached hydrogens (tertiary/aromatic N) is 1. The average Bonchev–Trinajstić information content (AvgIpc) is 2.35. The molecular formula is C15H22BrNO3. The summed E-state index contributed by atoms with van der Waals surface area (Å²) < 4.78 is 7.39. The molecule has 1 unspecified atom stereocenters. The van der Waals surface area contributed by atoms with Crippen LogP contribution in [0, 0.1) is 12.8 Å². The zero-order valence-corrected chi connectivity index (χ0v) is 14.1. The molecule has 20 heavy (non-hydrogen) atoms. The monoisotopic (exact) mass is 343 g/mol. The number of hydrogen-bond donors (Lipinski definition) is 0. The van der Waals surface area contributed by atoms with Crippen molar-refractivity contribution in [1.82, 2.24) is 4.57 Å². The lowest BCUT2D eigenvalue weighted by molar-refractivity contribution is -0.147. The topological polar surface area (TPSA) is 48.3 Å². The molecular weight excluding hydrogens is 322 g/mol. The van der Waals surface area contributed by atoms with Crippen molar-refractivity contribution in [3.05, 3.63) is 32.7 Å². The van der Waals surface area contributed by atoms with Crippen molar-refractivity contribution in [2.75, 3.05) is 6.61 Å². The second kappa shape index (κ2) is 7.62. The summed E-state index contributed by atoms with van der Waals surface area (Å²) >= 11 is 3.40. The van der Waals surface area contributed by atoms with Gasteiger partial charge in [0.05, 0.1) is 6.61 Å². The molecule has 1 aromatic rings. The van der Waals surface area contributed by atoms with Gasteiger partial charge in [-0.1, -0.05) is 13.8 Å². The molecule has 1 atom stereocenters. The Kier molecular flexibility index (Phi) is 6.46. The van der Waals surface area contributed by atoms with Crippen molar-refractivity contribution < 1.29 is 9.53 Å². The van der Waals surface area contributed by atoms with E-state index in [4.69, 9.17) is 4.74 Å². The van der Waals surface area contributed by atoms with Crippen LogP contribution in [0.5, 0.6) is 0 Å². The Morgan fingerprint density at radius 1 is 1.40 bits per heavy atom. The highest BCUT2D eigenvalue weighted by molar-refractivity contribution is 9.10. The summed E-state index contributed by atoms with van der Waals surface area (Å²) in [7, 11) is 0. The van der Waals surface area contributed by atoms with E-state index >= 15 is 0 Å². The highest BCUT2D eigenvalue weighted by Crippen LogP contribution is 2.21. The molecule has 0 spiro atoms. The van der Waals surface area contributed by atoms with Crippen LogP contribution in [-0.4, -0.2) is 17.1 Å². The smallest absolute Gasteiger partial charge is 0.329 e. The third-order valence-corrected chi connectivity index (χ3v) is 3.97. The SMILES string of the molecule is CCOC(=O)C(CCC(C)C)n1cc(Br)c(C)cc1=O. The molecule has 0 saturated carbocycles. The van der Waals surface area contributed by atoms with Crippen LogP contribution in [0.4, 0.5) is 0 Å². The molecule has 1 aromatic heterocycles. The Hall–Kier alpha value is -1.10. The minimum Gasteiger partial charge on any atom is -0.464 e.